The molecule has 0 spiro atoms. The molecule has 0 unspecified atom stereocenters. The molecule has 2 heterocycles. The van der Waals surface area contributed by atoms with Crippen LogP contribution in [0.4, 0.5) is 5.69 Å². The minimum absolute atomic E-state index is 0.0245. The molecule has 2 amide bonds. The number of hydrogen-bond donors (Lipinski definition) is 2. The molecule has 1 aromatic rings. The molecule has 2 aliphatic heterocycles. The Bertz CT molecular complexity index is 746. The van der Waals surface area contributed by atoms with Gasteiger partial charge in [-0.05, 0) is 44.2 Å². The molecule has 2 saturated heterocycles. The van der Waals surface area contributed by atoms with Crippen molar-refractivity contribution in [1.82, 2.24) is 15.1 Å². The maximum absolute atomic E-state index is 13.2. The standard InChI is InChI=1S/C23H36N4O3/c1-18(28)24-19-9-14-26(15-10-19)17-23(30)11-6-13-27(16-12-23)22(29)20-7-4-5-8-21(20)25(2)3/h4-5,7-8,19,30H,6,9-17H2,1-3H3,(H,24,28)/t23-/m0/s1. The Hall–Kier alpha value is -2.12. The number of hydrogen-bond acceptors (Lipinski definition) is 5. The van der Waals surface area contributed by atoms with Gasteiger partial charge in [-0.3, -0.25) is 9.59 Å². The first-order valence-electron chi connectivity index (χ1n) is 11.0. The number of anilines is 1. The molecular weight excluding hydrogens is 380 g/mol. The van der Waals surface area contributed by atoms with Gasteiger partial charge >= 0.3 is 0 Å². The van der Waals surface area contributed by atoms with Crippen LogP contribution in [0.2, 0.25) is 0 Å². The third-order valence-corrected chi connectivity index (χ3v) is 6.33. The summed E-state index contributed by atoms with van der Waals surface area (Å²) in [5.41, 5.74) is 0.869. The maximum Gasteiger partial charge on any atom is 0.255 e. The van der Waals surface area contributed by atoms with Gasteiger partial charge in [0.2, 0.25) is 5.91 Å². The number of nitrogens with one attached hydrogen (secondary N) is 1. The molecule has 0 aromatic heterocycles. The summed E-state index contributed by atoms with van der Waals surface area (Å²) in [6.45, 7) is 5.20. The molecule has 7 nitrogen and oxygen atoms in total. The van der Waals surface area contributed by atoms with Crippen molar-refractivity contribution < 1.29 is 14.7 Å². The van der Waals surface area contributed by atoms with Crippen molar-refractivity contribution >= 4 is 17.5 Å². The Balaban J connectivity index is 1.57. The lowest BCUT2D eigenvalue weighted by Gasteiger charge is -2.38. The Kier molecular flexibility index (Phi) is 7.36. The van der Waals surface area contributed by atoms with Crippen molar-refractivity contribution in [3.63, 3.8) is 0 Å². The second-order valence-electron chi connectivity index (χ2n) is 9.03. The molecule has 1 aromatic carbocycles. The van der Waals surface area contributed by atoms with Gasteiger partial charge in [0.15, 0.2) is 0 Å². The quantitative estimate of drug-likeness (QED) is 0.764. The van der Waals surface area contributed by atoms with Crippen molar-refractivity contribution in [3.8, 4) is 0 Å². The normalized spacial score (nSPS) is 23.7. The minimum atomic E-state index is -0.767. The molecule has 30 heavy (non-hydrogen) atoms. The highest BCUT2D eigenvalue weighted by atomic mass is 16.3. The smallest absolute Gasteiger partial charge is 0.255 e. The second kappa shape index (κ2) is 9.79. The summed E-state index contributed by atoms with van der Waals surface area (Å²) in [5.74, 6) is 0.0658. The fourth-order valence-electron chi connectivity index (χ4n) is 4.69. The SMILES string of the molecule is CC(=O)NC1CCN(C[C@]2(O)CCCN(C(=O)c3ccccc3N(C)C)CC2)CC1. The molecule has 0 radical (unpaired) electrons. The number of rotatable bonds is 5. The van der Waals surface area contributed by atoms with Crippen molar-refractivity contribution in [2.24, 2.45) is 0 Å². The van der Waals surface area contributed by atoms with Crippen LogP contribution in [0.5, 0.6) is 0 Å². The number of β-amino-alcohol motifs (C(OH)–C–C–N with tert-alkyl or cyclic N) is 1. The van der Waals surface area contributed by atoms with Crippen molar-refractivity contribution in [2.75, 3.05) is 51.7 Å². The van der Waals surface area contributed by atoms with Crippen LogP contribution in [0.3, 0.4) is 0 Å². The summed E-state index contributed by atoms with van der Waals surface area (Å²) in [6.07, 6.45) is 3.93. The molecule has 0 bridgehead atoms. The van der Waals surface area contributed by atoms with Crippen LogP contribution in [-0.4, -0.2) is 85.2 Å². The molecule has 0 saturated carbocycles. The zero-order valence-electron chi connectivity index (χ0n) is 18.6. The van der Waals surface area contributed by atoms with E-state index in [-0.39, 0.29) is 17.9 Å². The van der Waals surface area contributed by atoms with E-state index in [1.807, 2.05) is 48.2 Å². The molecule has 0 aliphatic carbocycles. The Morgan fingerprint density at radius 3 is 2.50 bits per heavy atom. The van der Waals surface area contributed by atoms with Gasteiger partial charge in [0, 0.05) is 65.5 Å². The van der Waals surface area contributed by atoms with E-state index >= 15 is 0 Å². The van der Waals surface area contributed by atoms with Crippen LogP contribution in [0.15, 0.2) is 24.3 Å². The summed E-state index contributed by atoms with van der Waals surface area (Å²) in [7, 11) is 3.89. The van der Waals surface area contributed by atoms with Gasteiger partial charge in [-0.1, -0.05) is 12.1 Å². The Morgan fingerprint density at radius 2 is 1.83 bits per heavy atom. The zero-order valence-corrected chi connectivity index (χ0v) is 18.6. The third-order valence-electron chi connectivity index (χ3n) is 6.33. The van der Waals surface area contributed by atoms with Crippen LogP contribution < -0.4 is 10.2 Å². The number of aliphatic hydroxyl groups is 1. The number of benzene rings is 1. The summed E-state index contributed by atoms with van der Waals surface area (Å²) in [6, 6.07) is 7.94. The summed E-state index contributed by atoms with van der Waals surface area (Å²) in [5, 5.41) is 14.3. The fraction of sp³-hybridized carbons (Fsp3) is 0.652. The van der Waals surface area contributed by atoms with Crippen molar-refractivity contribution in [1.29, 1.82) is 0 Å². The minimum Gasteiger partial charge on any atom is -0.388 e. The third kappa shape index (κ3) is 5.73. The van der Waals surface area contributed by atoms with E-state index in [4.69, 9.17) is 0 Å². The predicted molar refractivity (Wildman–Crippen MR) is 119 cm³/mol. The number of carbonyl (C=O) groups is 2. The number of piperidine rings is 1. The number of amides is 2. The largest absolute Gasteiger partial charge is 0.388 e. The number of para-hydroxylation sites is 1. The topological polar surface area (TPSA) is 76.1 Å². The summed E-state index contributed by atoms with van der Waals surface area (Å²) >= 11 is 0. The lowest BCUT2D eigenvalue weighted by Crippen LogP contribution is -2.50. The van der Waals surface area contributed by atoms with E-state index in [2.05, 4.69) is 10.2 Å². The van der Waals surface area contributed by atoms with Gasteiger partial charge in [-0.2, -0.15) is 0 Å². The molecule has 3 rings (SSSR count). The molecule has 2 fully saturated rings. The molecule has 2 N–H and O–H groups in total. The van der Waals surface area contributed by atoms with Gasteiger partial charge < -0.3 is 25.1 Å². The van der Waals surface area contributed by atoms with E-state index < -0.39 is 5.60 Å². The lowest BCUT2D eigenvalue weighted by molar-refractivity contribution is -0.120. The van der Waals surface area contributed by atoms with Crippen LogP contribution in [0.1, 0.15) is 49.4 Å². The van der Waals surface area contributed by atoms with E-state index in [0.717, 1.165) is 38.0 Å². The second-order valence-corrected chi connectivity index (χ2v) is 9.03. The molecule has 1 atom stereocenters. The molecular formula is C23H36N4O3. The Labute approximate surface area is 180 Å². The first-order valence-corrected chi connectivity index (χ1v) is 11.0. The van der Waals surface area contributed by atoms with Crippen LogP contribution >= 0.6 is 0 Å². The maximum atomic E-state index is 13.2. The molecule has 166 valence electrons. The zero-order chi connectivity index (χ0) is 21.7. The summed E-state index contributed by atoms with van der Waals surface area (Å²) in [4.78, 5) is 30.6. The lowest BCUT2D eigenvalue weighted by atomic mass is 9.93. The van der Waals surface area contributed by atoms with Gasteiger partial charge in [-0.15, -0.1) is 0 Å². The molecule has 2 aliphatic rings. The highest BCUT2D eigenvalue weighted by Crippen LogP contribution is 2.27. The van der Waals surface area contributed by atoms with E-state index in [0.29, 0.717) is 38.0 Å². The van der Waals surface area contributed by atoms with Crippen molar-refractivity contribution in [2.45, 2.75) is 50.7 Å². The fourth-order valence-corrected chi connectivity index (χ4v) is 4.69. The van der Waals surface area contributed by atoms with Crippen LogP contribution in [-0.2, 0) is 4.79 Å². The van der Waals surface area contributed by atoms with Crippen molar-refractivity contribution in [3.05, 3.63) is 29.8 Å². The highest BCUT2D eigenvalue weighted by Gasteiger charge is 2.35. The first kappa shape index (κ1) is 22.6. The van der Waals surface area contributed by atoms with Gasteiger partial charge in [0.25, 0.3) is 5.91 Å². The average Bonchev–Trinajstić information content (AvgIpc) is 2.90. The van der Waals surface area contributed by atoms with Gasteiger partial charge in [0.05, 0.1) is 11.2 Å². The predicted octanol–water partition coefficient (Wildman–Crippen LogP) is 1.71. The van der Waals surface area contributed by atoms with Crippen LogP contribution in [0, 0.1) is 0 Å². The summed E-state index contributed by atoms with van der Waals surface area (Å²) < 4.78 is 0. The number of likely N-dealkylation sites (tertiary alicyclic amines) is 2. The van der Waals surface area contributed by atoms with E-state index in [1.165, 1.54) is 0 Å². The van der Waals surface area contributed by atoms with Gasteiger partial charge in [0.1, 0.15) is 0 Å². The first-order chi connectivity index (χ1) is 14.3. The van der Waals surface area contributed by atoms with E-state index in [1.54, 1.807) is 6.92 Å². The van der Waals surface area contributed by atoms with E-state index in [9.17, 15) is 14.7 Å². The number of carbonyl (C=O) groups excluding carboxylic acids is 2. The monoisotopic (exact) mass is 416 g/mol. The highest BCUT2D eigenvalue weighted by molar-refractivity contribution is 5.99. The van der Waals surface area contributed by atoms with Crippen LogP contribution in [0.25, 0.3) is 0 Å². The number of nitrogens with zero attached hydrogens (tertiary/aromatic N) is 3. The average molecular weight is 417 g/mol. The molecule has 7 heteroatoms. The van der Waals surface area contributed by atoms with Gasteiger partial charge in [-0.25, -0.2) is 0 Å². The Morgan fingerprint density at radius 1 is 1.13 bits per heavy atom.